The Morgan fingerprint density at radius 2 is 2.07 bits per heavy atom. The van der Waals surface area contributed by atoms with E-state index in [2.05, 4.69) is 10.2 Å². The normalized spacial score (nSPS) is 9.67. The predicted octanol–water partition coefficient (Wildman–Crippen LogP) is 0.0719. The molecule has 0 saturated carbocycles. The van der Waals surface area contributed by atoms with Gasteiger partial charge in [-0.1, -0.05) is 18.2 Å². The summed E-state index contributed by atoms with van der Waals surface area (Å²) in [6.07, 6.45) is 0. The first-order valence-corrected chi connectivity index (χ1v) is 4.59. The topological polar surface area (TPSA) is 73.6 Å². The molecular weight excluding hydrogens is 196 g/mol. The lowest BCUT2D eigenvalue weighted by Crippen LogP contribution is -2.32. The number of nitrogens with one attached hydrogen (secondary N) is 1. The fraction of sp³-hybridized carbons (Fsp3) is 0.300. The molecular formula is C10H14N2O3. The third-order valence-corrected chi connectivity index (χ3v) is 1.66. The molecule has 5 nitrogen and oxygen atoms in total. The molecule has 0 aliphatic heterocycles. The molecule has 1 aromatic rings. The van der Waals surface area contributed by atoms with Crippen LogP contribution in [0.1, 0.15) is 0 Å². The van der Waals surface area contributed by atoms with Crippen molar-refractivity contribution in [2.75, 3.05) is 19.8 Å². The fourth-order valence-corrected chi connectivity index (χ4v) is 0.966. The average Bonchev–Trinajstić information content (AvgIpc) is 2.28. The van der Waals surface area contributed by atoms with Crippen molar-refractivity contribution >= 4 is 5.91 Å². The van der Waals surface area contributed by atoms with Gasteiger partial charge in [0.2, 0.25) is 0 Å². The van der Waals surface area contributed by atoms with Crippen molar-refractivity contribution < 1.29 is 14.4 Å². The molecule has 82 valence electrons. The van der Waals surface area contributed by atoms with E-state index >= 15 is 0 Å². The van der Waals surface area contributed by atoms with Gasteiger partial charge in [0.25, 0.3) is 5.91 Å². The first kappa shape index (κ1) is 11.5. The minimum absolute atomic E-state index is 0.00537. The van der Waals surface area contributed by atoms with Gasteiger partial charge in [0.1, 0.15) is 5.75 Å². The highest BCUT2D eigenvalue weighted by Crippen LogP contribution is 2.07. The van der Waals surface area contributed by atoms with Gasteiger partial charge in [-0.25, -0.2) is 5.90 Å². The third kappa shape index (κ3) is 4.99. The zero-order valence-electron chi connectivity index (χ0n) is 8.31. The zero-order valence-corrected chi connectivity index (χ0v) is 8.31. The van der Waals surface area contributed by atoms with Crippen molar-refractivity contribution in [2.45, 2.75) is 0 Å². The van der Waals surface area contributed by atoms with Crippen LogP contribution in [0.15, 0.2) is 30.3 Å². The maximum absolute atomic E-state index is 11.2. The molecule has 0 radical (unpaired) electrons. The molecule has 0 saturated heterocycles. The summed E-state index contributed by atoms with van der Waals surface area (Å²) in [5.41, 5.74) is 0. The lowest BCUT2D eigenvalue weighted by Gasteiger charge is -2.06. The van der Waals surface area contributed by atoms with E-state index in [1.54, 1.807) is 12.1 Å². The van der Waals surface area contributed by atoms with E-state index < -0.39 is 0 Å². The van der Waals surface area contributed by atoms with Gasteiger partial charge in [-0.15, -0.1) is 0 Å². The van der Waals surface area contributed by atoms with Crippen LogP contribution in [0, 0.1) is 0 Å². The van der Waals surface area contributed by atoms with Gasteiger partial charge in [0.05, 0.1) is 6.61 Å². The van der Waals surface area contributed by atoms with E-state index in [0.717, 1.165) is 0 Å². The van der Waals surface area contributed by atoms with Crippen molar-refractivity contribution in [3.05, 3.63) is 30.3 Å². The van der Waals surface area contributed by atoms with Crippen molar-refractivity contribution in [1.29, 1.82) is 0 Å². The summed E-state index contributed by atoms with van der Waals surface area (Å²) in [5.74, 6) is 5.27. The largest absolute Gasteiger partial charge is 0.484 e. The second-order valence-electron chi connectivity index (χ2n) is 2.82. The number of ether oxygens (including phenoxy) is 1. The molecule has 5 heteroatoms. The highest BCUT2D eigenvalue weighted by atomic mass is 16.6. The Bertz CT molecular complexity index is 290. The van der Waals surface area contributed by atoms with Crippen LogP contribution in [0.25, 0.3) is 0 Å². The molecule has 1 rings (SSSR count). The quantitative estimate of drug-likeness (QED) is 0.515. The number of benzene rings is 1. The highest BCUT2D eigenvalue weighted by molar-refractivity contribution is 5.77. The van der Waals surface area contributed by atoms with E-state index in [-0.39, 0.29) is 19.1 Å². The molecule has 3 N–H and O–H groups in total. The van der Waals surface area contributed by atoms with E-state index in [4.69, 9.17) is 10.6 Å². The van der Waals surface area contributed by atoms with E-state index in [9.17, 15) is 4.79 Å². The second-order valence-corrected chi connectivity index (χ2v) is 2.82. The number of nitrogens with two attached hydrogens (primary N) is 1. The van der Waals surface area contributed by atoms with Gasteiger partial charge in [0, 0.05) is 6.54 Å². The molecule has 1 aromatic carbocycles. The second kappa shape index (κ2) is 6.80. The summed E-state index contributed by atoms with van der Waals surface area (Å²) in [7, 11) is 0. The number of rotatable bonds is 6. The third-order valence-electron chi connectivity index (χ3n) is 1.66. The van der Waals surface area contributed by atoms with Crippen LogP contribution < -0.4 is 16.0 Å². The van der Waals surface area contributed by atoms with Crippen molar-refractivity contribution in [3.8, 4) is 5.75 Å². The Morgan fingerprint density at radius 3 is 2.73 bits per heavy atom. The SMILES string of the molecule is NOCCNC(=O)COc1ccccc1. The van der Waals surface area contributed by atoms with Crippen LogP contribution in [0.2, 0.25) is 0 Å². The van der Waals surface area contributed by atoms with Crippen LogP contribution in [0.3, 0.4) is 0 Å². The molecule has 0 spiro atoms. The van der Waals surface area contributed by atoms with Gasteiger partial charge in [-0.05, 0) is 12.1 Å². The average molecular weight is 210 g/mol. The number of hydrogen-bond donors (Lipinski definition) is 2. The van der Waals surface area contributed by atoms with Crippen LogP contribution in [0.4, 0.5) is 0 Å². The van der Waals surface area contributed by atoms with Crippen molar-refractivity contribution in [3.63, 3.8) is 0 Å². The molecule has 0 aromatic heterocycles. The number of amides is 1. The predicted molar refractivity (Wildman–Crippen MR) is 55.1 cm³/mol. The van der Waals surface area contributed by atoms with Gasteiger partial charge in [-0.2, -0.15) is 0 Å². The Labute approximate surface area is 88.1 Å². The molecule has 1 amide bonds. The van der Waals surface area contributed by atoms with Crippen molar-refractivity contribution in [2.24, 2.45) is 5.90 Å². The number of carbonyl (C=O) groups excluding carboxylic acids is 1. The number of para-hydroxylation sites is 1. The van der Waals surface area contributed by atoms with Crippen LogP contribution in [-0.4, -0.2) is 25.7 Å². The fourth-order valence-electron chi connectivity index (χ4n) is 0.966. The van der Waals surface area contributed by atoms with Gasteiger partial charge >= 0.3 is 0 Å². The van der Waals surface area contributed by atoms with Crippen LogP contribution in [0.5, 0.6) is 5.75 Å². The Kier molecular flexibility index (Phi) is 5.21. The summed E-state index contributed by atoms with van der Waals surface area (Å²) >= 11 is 0. The minimum Gasteiger partial charge on any atom is -0.484 e. The Hall–Kier alpha value is -1.59. The monoisotopic (exact) mass is 210 g/mol. The highest BCUT2D eigenvalue weighted by Gasteiger charge is 2.00. The van der Waals surface area contributed by atoms with E-state index in [0.29, 0.717) is 12.3 Å². The Balaban J connectivity index is 2.17. The molecule has 0 bridgehead atoms. The maximum atomic E-state index is 11.2. The number of carbonyl (C=O) groups is 1. The van der Waals surface area contributed by atoms with Gasteiger partial charge < -0.3 is 14.9 Å². The van der Waals surface area contributed by atoms with Crippen LogP contribution >= 0.6 is 0 Å². The maximum Gasteiger partial charge on any atom is 0.258 e. The first-order chi connectivity index (χ1) is 7.33. The van der Waals surface area contributed by atoms with E-state index in [1.807, 2.05) is 18.2 Å². The molecule has 0 unspecified atom stereocenters. The molecule has 0 atom stereocenters. The van der Waals surface area contributed by atoms with Crippen LogP contribution in [-0.2, 0) is 9.63 Å². The summed E-state index contributed by atoms with van der Waals surface area (Å²) < 4.78 is 5.21. The lowest BCUT2D eigenvalue weighted by atomic mass is 10.3. The summed E-state index contributed by atoms with van der Waals surface area (Å²) in [5, 5.41) is 2.58. The molecule has 0 aliphatic carbocycles. The van der Waals surface area contributed by atoms with E-state index in [1.165, 1.54) is 0 Å². The Morgan fingerprint density at radius 1 is 1.33 bits per heavy atom. The number of hydrogen-bond acceptors (Lipinski definition) is 4. The summed E-state index contributed by atoms with van der Waals surface area (Å²) in [6, 6.07) is 9.14. The summed E-state index contributed by atoms with van der Waals surface area (Å²) in [4.78, 5) is 15.5. The zero-order chi connectivity index (χ0) is 10.9. The first-order valence-electron chi connectivity index (χ1n) is 4.59. The smallest absolute Gasteiger partial charge is 0.258 e. The van der Waals surface area contributed by atoms with Gasteiger partial charge in [-0.3, -0.25) is 4.79 Å². The molecule has 0 fully saturated rings. The molecule has 0 heterocycles. The molecule has 0 aliphatic rings. The minimum atomic E-state index is -0.198. The van der Waals surface area contributed by atoms with Gasteiger partial charge in [0.15, 0.2) is 6.61 Å². The van der Waals surface area contributed by atoms with Crippen molar-refractivity contribution in [1.82, 2.24) is 5.32 Å². The summed E-state index contributed by atoms with van der Waals surface area (Å²) in [6.45, 7) is 0.666. The standard InChI is InChI=1S/C10H14N2O3/c11-15-7-6-12-10(13)8-14-9-4-2-1-3-5-9/h1-5H,6-8,11H2,(H,12,13). The molecule has 15 heavy (non-hydrogen) atoms. The lowest BCUT2D eigenvalue weighted by molar-refractivity contribution is -0.123.